The second-order valence-corrected chi connectivity index (χ2v) is 4.95. The second-order valence-electron chi connectivity index (χ2n) is 4.95. The molecule has 6 atom stereocenters. The Morgan fingerprint density at radius 1 is 1.00 bits per heavy atom. The first-order chi connectivity index (χ1) is 5.43. The highest BCUT2D eigenvalue weighted by atomic mass is 16.6. The Balaban J connectivity index is 1.76. The van der Waals surface area contributed by atoms with Crippen molar-refractivity contribution in [2.75, 3.05) is 0 Å². The van der Waals surface area contributed by atoms with Gasteiger partial charge in [-0.25, -0.2) is 0 Å². The topological polar surface area (TPSA) is 12.5 Å². The zero-order chi connectivity index (χ0) is 7.00. The molecule has 4 aliphatic rings. The molecule has 0 unspecified atom stereocenters. The fraction of sp³-hybridized carbons (Fsp3) is 1.00. The molecule has 3 saturated carbocycles. The zero-order valence-corrected chi connectivity index (χ0v) is 6.70. The molecule has 1 heteroatoms. The van der Waals surface area contributed by atoms with Crippen molar-refractivity contribution in [1.29, 1.82) is 0 Å². The largest absolute Gasteiger partial charge is 0.369 e. The molecule has 0 N–H and O–H groups in total. The van der Waals surface area contributed by atoms with Crippen LogP contribution in [0.2, 0.25) is 0 Å². The van der Waals surface area contributed by atoms with Gasteiger partial charge in [0.2, 0.25) is 0 Å². The Bertz CT molecular complexity index is 213. The maximum absolute atomic E-state index is 5.62. The van der Waals surface area contributed by atoms with E-state index in [0.717, 1.165) is 35.9 Å². The van der Waals surface area contributed by atoms with E-state index in [1.165, 1.54) is 12.8 Å². The van der Waals surface area contributed by atoms with Crippen LogP contribution in [0.15, 0.2) is 0 Å². The molecule has 1 aliphatic heterocycles. The third kappa shape index (κ3) is 0.516. The van der Waals surface area contributed by atoms with Crippen molar-refractivity contribution >= 4 is 0 Å². The van der Waals surface area contributed by atoms with Gasteiger partial charge >= 0.3 is 0 Å². The van der Waals surface area contributed by atoms with Crippen molar-refractivity contribution in [1.82, 2.24) is 0 Å². The van der Waals surface area contributed by atoms with Gasteiger partial charge in [0.15, 0.2) is 0 Å². The highest BCUT2D eigenvalue weighted by molar-refractivity contribution is 5.12. The first-order valence-corrected chi connectivity index (χ1v) is 5.09. The van der Waals surface area contributed by atoms with Crippen LogP contribution in [0.1, 0.15) is 25.7 Å². The molecule has 3 aliphatic carbocycles. The van der Waals surface area contributed by atoms with Crippen LogP contribution in [0.4, 0.5) is 0 Å². The third-order valence-electron chi connectivity index (χ3n) is 4.66. The average molecular weight is 150 g/mol. The van der Waals surface area contributed by atoms with Crippen LogP contribution in [0, 0.1) is 23.7 Å². The van der Waals surface area contributed by atoms with E-state index in [-0.39, 0.29) is 0 Å². The Kier molecular flexibility index (Phi) is 0.769. The Morgan fingerprint density at radius 2 is 1.91 bits per heavy atom. The molecular formula is C10H14O. The summed E-state index contributed by atoms with van der Waals surface area (Å²) < 4.78 is 5.62. The molecule has 1 nitrogen and oxygen atoms in total. The standard InChI is InChI=1S/C10H14O/c1-2-6-3-5(1)7-4-8-10(11-8)9(6)7/h5-10H,1-4H2/t5-,6-,7-,8-,9-,10+/m0/s1. The summed E-state index contributed by atoms with van der Waals surface area (Å²) in [5, 5.41) is 0. The summed E-state index contributed by atoms with van der Waals surface area (Å²) in [5.41, 5.74) is 0. The second kappa shape index (κ2) is 1.52. The number of epoxide rings is 1. The molecule has 4 fully saturated rings. The van der Waals surface area contributed by atoms with Gasteiger partial charge in [0, 0.05) is 0 Å². The molecule has 1 saturated heterocycles. The highest BCUT2D eigenvalue weighted by Crippen LogP contribution is 2.64. The van der Waals surface area contributed by atoms with Crippen molar-refractivity contribution in [2.24, 2.45) is 23.7 Å². The van der Waals surface area contributed by atoms with Gasteiger partial charge in [-0.05, 0) is 49.4 Å². The van der Waals surface area contributed by atoms with Crippen molar-refractivity contribution in [3.63, 3.8) is 0 Å². The molecule has 4 rings (SSSR count). The number of rotatable bonds is 0. The van der Waals surface area contributed by atoms with Gasteiger partial charge < -0.3 is 4.74 Å². The minimum atomic E-state index is 0.730. The van der Waals surface area contributed by atoms with Gasteiger partial charge in [-0.2, -0.15) is 0 Å². The minimum absolute atomic E-state index is 0.730. The van der Waals surface area contributed by atoms with Gasteiger partial charge in [-0.15, -0.1) is 0 Å². The molecule has 0 radical (unpaired) electrons. The van der Waals surface area contributed by atoms with E-state index < -0.39 is 0 Å². The Labute approximate surface area is 67.1 Å². The van der Waals surface area contributed by atoms with Crippen LogP contribution in [-0.4, -0.2) is 12.2 Å². The smallest absolute Gasteiger partial charge is 0.0875 e. The first-order valence-electron chi connectivity index (χ1n) is 5.09. The minimum Gasteiger partial charge on any atom is -0.369 e. The Morgan fingerprint density at radius 3 is 2.82 bits per heavy atom. The molecule has 2 bridgehead atoms. The maximum Gasteiger partial charge on any atom is 0.0875 e. The van der Waals surface area contributed by atoms with Crippen molar-refractivity contribution in [3.05, 3.63) is 0 Å². The number of fused-ring (bicyclic) bond motifs is 7. The van der Waals surface area contributed by atoms with Gasteiger partial charge in [0.25, 0.3) is 0 Å². The summed E-state index contributed by atoms with van der Waals surface area (Å²) in [4.78, 5) is 0. The summed E-state index contributed by atoms with van der Waals surface area (Å²) in [6.07, 6.45) is 7.53. The van der Waals surface area contributed by atoms with E-state index in [1.807, 2.05) is 0 Å². The van der Waals surface area contributed by atoms with Crippen LogP contribution < -0.4 is 0 Å². The fourth-order valence-corrected chi connectivity index (χ4v) is 4.27. The summed E-state index contributed by atoms with van der Waals surface area (Å²) in [5.74, 6) is 4.35. The molecule has 0 aromatic rings. The summed E-state index contributed by atoms with van der Waals surface area (Å²) in [6.45, 7) is 0. The SMILES string of the molecule is C1C[C@H]2C[C@H]1[C@@H]1C[C@@H]3O[C@H]3[C@@H]21. The molecule has 0 aromatic carbocycles. The molecule has 0 spiro atoms. The van der Waals surface area contributed by atoms with E-state index in [9.17, 15) is 0 Å². The van der Waals surface area contributed by atoms with Crippen molar-refractivity contribution in [3.8, 4) is 0 Å². The van der Waals surface area contributed by atoms with E-state index in [4.69, 9.17) is 4.74 Å². The number of hydrogen-bond acceptors (Lipinski definition) is 1. The summed E-state index contributed by atoms with van der Waals surface area (Å²) in [7, 11) is 0. The number of hydrogen-bond donors (Lipinski definition) is 0. The normalized spacial score (nSPS) is 69.8. The highest BCUT2D eigenvalue weighted by Gasteiger charge is 2.64. The van der Waals surface area contributed by atoms with E-state index in [2.05, 4.69) is 0 Å². The van der Waals surface area contributed by atoms with Crippen LogP contribution in [0.5, 0.6) is 0 Å². The molecule has 60 valence electrons. The quantitative estimate of drug-likeness (QED) is 0.480. The lowest BCUT2D eigenvalue weighted by atomic mass is 9.81. The lowest BCUT2D eigenvalue weighted by molar-refractivity contribution is 0.147. The van der Waals surface area contributed by atoms with Crippen molar-refractivity contribution in [2.45, 2.75) is 37.9 Å². The predicted octanol–water partition coefficient (Wildman–Crippen LogP) is 1.82. The Hall–Kier alpha value is -0.0400. The first kappa shape index (κ1) is 5.58. The van der Waals surface area contributed by atoms with Crippen LogP contribution in [-0.2, 0) is 4.74 Å². The average Bonchev–Trinajstić information content (AvgIpc) is 2.53. The lowest BCUT2D eigenvalue weighted by Gasteiger charge is -2.25. The van der Waals surface area contributed by atoms with Gasteiger partial charge in [-0.1, -0.05) is 0 Å². The molecule has 1 heterocycles. The fourth-order valence-electron chi connectivity index (χ4n) is 4.27. The zero-order valence-electron chi connectivity index (χ0n) is 6.70. The summed E-state index contributed by atoms with van der Waals surface area (Å²) >= 11 is 0. The van der Waals surface area contributed by atoms with Gasteiger partial charge in [0.05, 0.1) is 12.2 Å². The van der Waals surface area contributed by atoms with Crippen LogP contribution in [0.25, 0.3) is 0 Å². The predicted molar refractivity (Wildman–Crippen MR) is 41.1 cm³/mol. The van der Waals surface area contributed by atoms with Crippen LogP contribution in [0.3, 0.4) is 0 Å². The van der Waals surface area contributed by atoms with Crippen LogP contribution >= 0.6 is 0 Å². The summed E-state index contributed by atoms with van der Waals surface area (Å²) in [6, 6.07) is 0. The van der Waals surface area contributed by atoms with E-state index in [0.29, 0.717) is 0 Å². The van der Waals surface area contributed by atoms with E-state index >= 15 is 0 Å². The molecule has 11 heavy (non-hydrogen) atoms. The van der Waals surface area contributed by atoms with Crippen molar-refractivity contribution < 1.29 is 4.74 Å². The lowest BCUT2D eigenvalue weighted by Crippen LogP contribution is -2.22. The van der Waals surface area contributed by atoms with Gasteiger partial charge in [0.1, 0.15) is 0 Å². The number of ether oxygens (including phenoxy) is 1. The maximum atomic E-state index is 5.62. The monoisotopic (exact) mass is 150 g/mol. The molecule has 0 amide bonds. The molecule has 0 aromatic heterocycles. The third-order valence-corrected chi connectivity index (χ3v) is 4.66. The van der Waals surface area contributed by atoms with Gasteiger partial charge in [-0.3, -0.25) is 0 Å². The molecular weight excluding hydrogens is 136 g/mol. The van der Waals surface area contributed by atoms with E-state index in [1.54, 1.807) is 12.8 Å².